The molecule has 0 spiro atoms. The van der Waals surface area contributed by atoms with E-state index >= 15 is 0 Å². The first-order chi connectivity index (χ1) is 9.01. The third-order valence-electron chi connectivity index (χ3n) is 4.41. The Morgan fingerprint density at radius 2 is 1.89 bits per heavy atom. The summed E-state index contributed by atoms with van der Waals surface area (Å²) in [7, 11) is 0. The summed E-state index contributed by atoms with van der Waals surface area (Å²) in [6.45, 7) is 7.04. The second-order valence-corrected chi connectivity index (χ2v) is 6.06. The normalized spacial score (nSPS) is 31.4. The van der Waals surface area contributed by atoms with Crippen LogP contribution in [0, 0.1) is 0 Å². The maximum Gasteiger partial charge on any atom is 0.0945 e. The minimum Gasteiger partial charge on any atom is -0.385 e. The molecule has 2 rings (SSSR count). The van der Waals surface area contributed by atoms with Crippen molar-refractivity contribution in [3.8, 4) is 0 Å². The molecule has 0 aliphatic carbocycles. The Morgan fingerprint density at radius 3 is 2.47 bits per heavy atom. The maximum absolute atomic E-state index is 11.0. The molecule has 0 saturated carbocycles. The Bertz CT molecular complexity index is 412. The molecule has 1 fully saturated rings. The molecule has 1 aliphatic heterocycles. The quantitative estimate of drug-likeness (QED) is 0.894. The van der Waals surface area contributed by atoms with Crippen LogP contribution in [0.1, 0.15) is 57.6 Å². The van der Waals surface area contributed by atoms with E-state index in [0.717, 1.165) is 24.8 Å². The monoisotopic (exact) mass is 262 g/mol. The van der Waals surface area contributed by atoms with Crippen LogP contribution in [-0.2, 0) is 16.8 Å². The Morgan fingerprint density at radius 1 is 1.21 bits per heavy atom. The number of benzene rings is 1. The highest BCUT2D eigenvalue weighted by atomic mass is 16.5. The van der Waals surface area contributed by atoms with Crippen molar-refractivity contribution in [2.24, 2.45) is 0 Å². The van der Waals surface area contributed by atoms with Crippen molar-refractivity contribution in [3.05, 3.63) is 35.4 Å². The van der Waals surface area contributed by atoms with Gasteiger partial charge in [-0.25, -0.2) is 0 Å². The van der Waals surface area contributed by atoms with Gasteiger partial charge < -0.3 is 9.84 Å². The predicted molar refractivity (Wildman–Crippen MR) is 78.2 cm³/mol. The van der Waals surface area contributed by atoms with Crippen LogP contribution in [-0.4, -0.2) is 17.3 Å². The third kappa shape index (κ3) is 3.18. The summed E-state index contributed by atoms with van der Waals surface area (Å²) in [5, 5.41) is 11.0. The van der Waals surface area contributed by atoms with Gasteiger partial charge in [0.25, 0.3) is 0 Å². The molecule has 0 bridgehead atoms. The van der Waals surface area contributed by atoms with Gasteiger partial charge >= 0.3 is 0 Å². The van der Waals surface area contributed by atoms with Gasteiger partial charge in [0.15, 0.2) is 0 Å². The van der Waals surface area contributed by atoms with Crippen molar-refractivity contribution in [1.29, 1.82) is 0 Å². The summed E-state index contributed by atoms with van der Waals surface area (Å²) < 4.78 is 5.83. The van der Waals surface area contributed by atoms with Crippen LogP contribution in [0.2, 0.25) is 0 Å². The van der Waals surface area contributed by atoms with Gasteiger partial charge in [-0.1, -0.05) is 44.5 Å². The van der Waals surface area contributed by atoms with Crippen molar-refractivity contribution in [1.82, 2.24) is 0 Å². The van der Waals surface area contributed by atoms with Gasteiger partial charge in [0, 0.05) is 12.8 Å². The van der Waals surface area contributed by atoms with E-state index in [1.807, 2.05) is 0 Å². The molecule has 106 valence electrons. The summed E-state index contributed by atoms with van der Waals surface area (Å²) in [6.07, 6.45) is 4.57. The lowest BCUT2D eigenvalue weighted by Gasteiger charge is -2.43. The lowest BCUT2D eigenvalue weighted by molar-refractivity contribution is -0.157. The second-order valence-electron chi connectivity index (χ2n) is 6.06. The molecule has 1 saturated heterocycles. The molecular formula is C17H26O2. The van der Waals surface area contributed by atoms with Crippen LogP contribution in [0.4, 0.5) is 0 Å². The molecule has 0 amide bonds. The fraction of sp³-hybridized carbons (Fsp3) is 0.647. The summed E-state index contributed by atoms with van der Waals surface area (Å²) in [6, 6.07) is 8.48. The molecule has 1 aromatic rings. The van der Waals surface area contributed by atoms with Gasteiger partial charge in [0.1, 0.15) is 0 Å². The Hall–Kier alpha value is -0.860. The average Bonchev–Trinajstić information content (AvgIpc) is 2.40. The molecule has 1 aromatic carbocycles. The molecule has 19 heavy (non-hydrogen) atoms. The fourth-order valence-corrected chi connectivity index (χ4v) is 2.97. The SMILES string of the molecule is CCCc1ccc(C2(O)CCOC(C)(CC)C2)cc1. The average molecular weight is 262 g/mol. The van der Waals surface area contributed by atoms with E-state index in [2.05, 4.69) is 45.0 Å². The number of ether oxygens (including phenoxy) is 1. The summed E-state index contributed by atoms with van der Waals surface area (Å²) in [5.74, 6) is 0. The standard InChI is InChI=1S/C17H26O2/c1-4-6-14-7-9-15(10-8-14)17(18)11-12-19-16(3,5-2)13-17/h7-10,18H,4-6,11-13H2,1-3H3. The van der Waals surface area contributed by atoms with Gasteiger partial charge in [0.05, 0.1) is 17.8 Å². The van der Waals surface area contributed by atoms with Gasteiger partial charge in [-0.3, -0.25) is 0 Å². The van der Waals surface area contributed by atoms with E-state index < -0.39 is 5.60 Å². The minimum absolute atomic E-state index is 0.199. The number of rotatable bonds is 4. The number of aliphatic hydroxyl groups is 1. The van der Waals surface area contributed by atoms with Crippen LogP contribution >= 0.6 is 0 Å². The Kier molecular flexibility index (Phi) is 4.32. The van der Waals surface area contributed by atoms with E-state index in [1.54, 1.807) is 0 Å². The largest absolute Gasteiger partial charge is 0.385 e. The second kappa shape index (κ2) is 5.64. The van der Waals surface area contributed by atoms with E-state index in [9.17, 15) is 5.11 Å². The van der Waals surface area contributed by atoms with Gasteiger partial charge in [-0.05, 0) is 30.9 Å². The zero-order chi connectivity index (χ0) is 13.9. The molecule has 1 N–H and O–H groups in total. The number of aryl methyl sites for hydroxylation is 1. The fourth-order valence-electron chi connectivity index (χ4n) is 2.97. The Balaban J connectivity index is 2.19. The molecule has 2 heteroatoms. The van der Waals surface area contributed by atoms with Gasteiger partial charge in [-0.2, -0.15) is 0 Å². The van der Waals surface area contributed by atoms with E-state index in [-0.39, 0.29) is 5.60 Å². The molecular weight excluding hydrogens is 236 g/mol. The van der Waals surface area contributed by atoms with Crippen LogP contribution in [0.3, 0.4) is 0 Å². The highest BCUT2D eigenvalue weighted by molar-refractivity contribution is 5.28. The molecule has 1 heterocycles. The molecule has 2 atom stereocenters. The van der Waals surface area contributed by atoms with Crippen molar-refractivity contribution in [3.63, 3.8) is 0 Å². The van der Waals surface area contributed by atoms with E-state index in [1.165, 1.54) is 5.56 Å². The minimum atomic E-state index is -0.728. The lowest BCUT2D eigenvalue weighted by Crippen LogP contribution is -2.45. The van der Waals surface area contributed by atoms with Crippen LogP contribution < -0.4 is 0 Å². The van der Waals surface area contributed by atoms with Gasteiger partial charge in [0.2, 0.25) is 0 Å². The van der Waals surface area contributed by atoms with Crippen LogP contribution in [0.15, 0.2) is 24.3 Å². The zero-order valence-corrected chi connectivity index (χ0v) is 12.4. The van der Waals surface area contributed by atoms with Gasteiger partial charge in [-0.15, -0.1) is 0 Å². The van der Waals surface area contributed by atoms with Crippen molar-refractivity contribution in [2.75, 3.05) is 6.61 Å². The van der Waals surface area contributed by atoms with Crippen LogP contribution in [0.5, 0.6) is 0 Å². The van der Waals surface area contributed by atoms with E-state index in [4.69, 9.17) is 4.74 Å². The molecule has 1 aliphatic rings. The molecule has 0 aromatic heterocycles. The predicted octanol–water partition coefficient (Wildman–Crippen LogP) is 3.81. The zero-order valence-electron chi connectivity index (χ0n) is 12.4. The summed E-state index contributed by atoms with van der Waals surface area (Å²) >= 11 is 0. The first-order valence-electron chi connectivity index (χ1n) is 7.47. The molecule has 0 radical (unpaired) electrons. The topological polar surface area (TPSA) is 29.5 Å². The highest BCUT2D eigenvalue weighted by Crippen LogP contribution is 2.40. The number of hydrogen-bond donors (Lipinski definition) is 1. The van der Waals surface area contributed by atoms with Crippen molar-refractivity contribution in [2.45, 2.75) is 64.1 Å². The smallest absolute Gasteiger partial charge is 0.0945 e. The third-order valence-corrected chi connectivity index (χ3v) is 4.41. The first kappa shape index (κ1) is 14.5. The highest BCUT2D eigenvalue weighted by Gasteiger charge is 2.42. The molecule has 2 nitrogen and oxygen atoms in total. The van der Waals surface area contributed by atoms with Crippen molar-refractivity contribution < 1.29 is 9.84 Å². The van der Waals surface area contributed by atoms with Crippen LogP contribution in [0.25, 0.3) is 0 Å². The number of hydrogen-bond acceptors (Lipinski definition) is 2. The maximum atomic E-state index is 11.0. The molecule has 2 unspecified atom stereocenters. The van der Waals surface area contributed by atoms with Crippen molar-refractivity contribution >= 4 is 0 Å². The first-order valence-corrected chi connectivity index (χ1v) is 7.47. The Labute approximate surface area is 116 Å². The summed E-state index contributed by atoms with van der Waals surface area (Å²) in [4.78, 5) is 0. The lowest BCUT2D eigenvalue weighted by atomic mass is 9.77. The van der Waals surface area contributed by atoms with E-state index in [0.29, 0.717) is 19.4 Å². The summed E-state index contributed by atoms with van der Waals surface area (Å²) in [5.41, 5.74) is 1.46.